The Kier molecular flexibility index (Phi) is 4.85. The van der Waals surface area contributed by atoms with E-state index in [1.807, 2.05) is 17.8 Å². The van der Waals surface area contributed by atoms with Gasteiger partial charge in [-0.05, 0) is 44.1 Å². The van der Waals surface area contributed by atoms with Gasteiger partial charge in [0.15, 0.2) is 0 Å². The quantitative estimate of drug-likeness (QED) is 0.678. The highest BCUT2D eigenvalue weighted by atomic mass is 32.2. The van der Waals surface area contributed by atoms with E-state index in [9.17, 15) is 10.1 Å². The summed E-state index contributed by atoms with van der Waals surface area (Å²) in [7, 11) is 0. The van der Waals surface area contributed by atoms with E-state index < -0.39 is 4.92 Å². The Morgan fingerprint density at radius 3 is 2.65 bits per heavy atom. The van der Waals surface area contributed by atoms with Crippen LogP contribution in [0, 0.1) is 21.4 Å². The highest BCUT2D eigenvalue weighted by Gasteiger charge is 2.21. The van der Waals surface area contributed by atoms with Gasteiger partial charge in [0.1, 0.15) is 11.6 Å². The zero-order valence-corrected chi connectivity index (χ0v) is 12.2. The van der Waals surface area contributed by atoms with Crippen LogP contribution in [-0.4, -0.2) is 22.5 Å². The maximum absolute atomic E-state index is 10.8. The molecule has 1 fully saturated rings. The fourth-order valence-corrected chi connectivity index (χ4v) is 3.30. The molecule has 0 aliphatic heterocycles. The van der Waals surface area contributed by atoms with Crippen molar-refractivity contribution in [3.8, 4) is 6.07 Å². The van der Waals surface area contributed by atoms with Crippen molar-refractivity contribution >= 4 is 23.1 Å². The molecular weight excluding hydrogens is 274 g/mol. The number of hydrogen-bond donors (Lipinski definition) is 1. The summed E-state index contributed by atoms with van der Waals surface area (Å²) in [5, 5.41) is 23.9. The Balaban J connectivity index is 2.04. The van der Waals surface area contributed by atoms with Gasteiger partial charge in [-0.2, -0.15) is 17.0 Å². The molecule has 1 aromatic carbocycles. The number of nitro benzene ring substituents is 1. The molecule has 0 radical (unpaired) electrons. The third-order valence-corrected chi connectivity index (χ3v) is 4.83. The number of benzene rings is 1. The molecule has 1 aliphatic rings. The van der Waals surface area contributed by atoms with E-state index in [0.29, 0.717) is 6.04 Å². The van der Waals surface area contributed by atoms with Crippen LogP contribution in [0.5, 0.6) is 0 Å². The summed E-state index contributed by atoms with van der Waals surface area (Å²) in [6.07, 6.45) is 6.73. The van der Waals surface area contributed by atoms with Gasteiger partial charge in [0, 0.05) is 23.0 Å². The largest absolute Gasteiger partial charge is 0.382 e. The molecule has 0 spiro atoms. The smallest absolute Gasteiger partial charge is 0.287 e. The van der Waals surface area contributed by atoms with Crippen LogP contribution in [0.4, 0.5) is 11.4 Å². The van der Waals surface area contributed by atoms with Crippen LogP contribution < -0.4 is 5.32 Å². The summed E-state index contributed by atoms with van der Waals surface area (Å²) in [6, 6.07) is 6.93. The number of hydrogen-bond acceptors (Lipinski definition) is 5. The van der Waals surface area contributed by atoms with Gasteiger partial charge >= 0.3 is 0 Å². The number of nitriles is 1. The van der Waals surface area contributed by atoms with Crippen LogP contribution in [0.3, 0.4) is 0 Å². The van der Waals surface area contributed by atoms with Crippen molar-refractivity contribution in [1.82, 2.24) is 0 Å². The molecule has 0 unspecified atom stereocenters. The number of nitrogens with zero attached hydrogens (tertiary/aromatic N) is 2. The molecule has 20 heavy (non-hydrogen) atoms. The molecule has 0 amide bonds. The van der Waals surface area contributed by atoms with E-state index in [-0.39, 0.29) is 11.3 Å². The van der Waals surface area contributed by atoms with E-state index in [1.54, 1.807) is 12.1 Å². The van der Waals surface area contributed by atoms with Gasteiger partial charge in [-0.15, -0.1) is 0 Å². The second kappa shape index (κ2) is 6.62. The van der Waals surface area contributed by atoms with Gasteiger partial charge in [0.25, 0.3) is 5.69 Å². The van der Waals surface area contributed by atoms with Crippen molar-refractivity contribution < 1.29 is 4.92 Å². The predicted molar refractivity (Wildman–Crippen MR) is 81.0 cm³/mol. The number of nitrogens with one attached hydrogen (secondary N) is 1. The number of thioether (sulfide) groups is 1. The lowest BCUT2D eigenvalue weighted by atomic mass is 9.94. The Morgan fingerprint density at radius 2 is 2.10 bits per heavy atom. The van der Waals surface area contributed by atoms with Gasteiger partial charge < -0.3 is 5.32 Å². The molecule has 0 atom stereocenters. The number of nitro groups is 1. The number of rotatable bonds is 4. The monoisotopic (exact) mass is 291 g/mol. The van der Waals surface area contributed by atoms with E-state index in [0.717, 1.165) is 23.8 Å². The van der Waals surface area contributed by atoms with Gasteiger partial charge in [0.05, 0.1) is 4.92 Å². The second-order valence-electron chi connectivity index (χ2n) is 4.95. The minimum absolute atomic E-state index is 0.109. The lowest BCUT2D eigenvalue weighted by molar-refractivity contribution is -0.385. The first-order valence-corrected chi connectivity index (χ1v) is 7.90. The van der Waals surface area contributed by atoms with Crippen LogP contribution >= 0.6 is 11.8 Å². The first-order valence-electron chi connectivity index (χ1n) is 6.62. The third-order valence-electron chi connectivity index (χ3n) is 3.69. The molecule has 0 aromatic heterocycles. The zero-order valence-electron chi connectivity index (χ0n) is 11.3. The summed E-state index contributed by atoms with van der Waals surface area (Å²) < 4.78 is 0. The Labute approximate surface area is 122 Å². The topological polar surface area (TPSA) is 79.0 Å². The first-order chi connectivity index (χ1) is 9.63. The summed E-state index contributed by atoms with van der Waals surface area (Å²) >= 11 is 1.92. The summed E-state index contributed by atoms with van der Waals surface area (Å²) in [6.45, 7) is 0. The minimum Gasteiger partial charge on any atom is -0.382 e. The average molecular weight is 291 g/mol. The van der Waals surface area contributed by atoms with Gasteiger partial charge in [-0.3, -0.25) is 10.1 Å². The molecule has 1 N–H and O–H groups in total. The molecule has 0 saturated heterocycles. The molecule has 5 nitrogen and oxygen atoms in total. The second-order valence-corrected chi connectivity index (χ2v) is 6.09. The maximum atomic E-state index is 10.8. The van der Waals surface area contributed by atoms with Crippen molar-refractivity contribution in [2.75, 3.05) is 11.6 Å². The van der Waals surface area contributed by atoms with Gasteiger partial charge in [0.2, 0.25) is 0 Å². The van der Waals surface area contributed by atoms with Crippen molar-refractivity contribution in [3.05, 3.63) is 33.9 Å². The molecular formula is C14H17N3O2S. The van der Waals surface area contributed by atoms with Crippen LogP contribution in [0.25, 0.3) is 0 Å². The molecule has 1 aliphatic carbocycles. The summed E-state index contributed by atoms with van der Waals surface area (Å²) in [4.78, 5) is 10.3. The maximum Gasteiger partial charge on any atom is 0.287 e. The van der Waals surface area contributed by atoms with E-state index in [2.05, 4.69) is 11.6 Å². The van der Waals surface area contributed by atoms with E-state index >= 15 is 0 Å². The highest BCUT2D eigenvalue weighted by Crippen LogP contribution is 2.29. The van der Waals surface area contributed by atoms with E-state index in [1.165, 1.54) is 18.9 Å². The van der Waals surface area contributed by atoms with Gasteiger partial charge in [-0.1, -0.05) is 0 Å². The fourth-order valence-electron chi connectivity index (χ4n) is 2.55. The van der Waals surface area contributed by atoms with Crippen LogP contribution in [0.15, 0.2) is 18.2 Å². The molecule has 0 bridgehead atoms. The lowest BCUT2D eigenvalue weighted by Crippen LogP contribution is -2.27. The van der Waals surface area contributed by atoms with Crippen LogP contribution in [-0.2, 0) is 0 Å². The van der Waals surface area contributed by atoms with Crippen LogP contribution in [0.2, 0.25) is 0 Å². The zero-order chi connectivity index (χ0) is 14.5. The Morgan fingerprint density at radius 1 is 1.40 bits per heavy atom. The summed E-state index contributed by atoms with van der Waals surface area (Å²) in [5.41, 5.74) is 0.765. The molecule has 6 heteroatoms. The van der Waals surface area contributed by atoms with Crippen molar-refractivity contribution in [2.24, 2.45) is 0 Å². The SMILES string of the molecule is CSC1CCC(Nc2ccc([N+](=O)[O-])c(C#N)c2)CC1. The molecule has 1 saturated carbocycles. The normalized spacial score (nSPS) is 22.0. The molecule has 0 heterocycles. The van der Waals surface area contributed by atoms with Crippen molar-refractivity contribution in [2.45, 2.75) is 37.0 Å². The average Bonchev–Trinajstić information content (AvgIpc) is 2.47. The Hall–Kier alpha value is -1.74. The lowest BCUT2D eigenvalue weighted by Gasteiger charge is -2.28. The van der Waals surface area contributed by atoms with Crippen molar-refractivity contribution in [3.63, 3.8) is 0 Å². The van der Waals surface area contributed by atoms with Crippen LogP contribution in [0.1, 0.15) is 31.2 Å². The fraction of sp³-hybridized carbons (Fsp3) is 0.500. The minimum atomic E-state index is -0.522. The molecule has 2 rings (SSSR count). The number of anilines is 1. The third kappa shape index (κ3) is 3.42. The van der Waals surface area contributed by atoms with Gasteiger partial charge in [-0.25, -0.2) is 0 Å². The first kappa shape index (κ1) is 14.7. The van der Waals surface area contributed by atoms with Crippen molar-refractivity contribution in [1.29, 1.82) is 5.26 Å². The molecule has 106 valence electrons. The highest BCUT2D eigenvalue weighted by molar-refractivity contribution is 7.99. The Bertz CT molecular complexity index is 534. The molecule has 1 aromatic rings. The van der Waals surface area contributed by atoms with E-state index in [4.69, 9.17) is 5.26 Å². The summed E-state index contributed by atoms with van der Waals surface area (Å²) in [5.74, 6) is 0. The predicted octanol–water partition coefficient (Wildman–Crippen LogP) is 3.55. The standard InChI is InChI=1S/C14H17N3O2S/c1-20-13-5-2-11(3-6-13)16-12-4-7-14(17(18)19)10(8-12)9-15/h4,7-8,11,13,16H,2-3,5-6H2,1H3.